The summed E-state index contributed by atoms with van der Waals surface area (Å²) in [4.78, 5) is 4.32. The van der Waals surface area contributed by atoms with Crippen LogP contribution < -0.4 is 5.73 Å². The molecule has 0 saturated heterocycles. The molecular weight excluding hydrogens is 218 g/mol. The third-order valence-corrected chi connectivity index (χ3v) is 2.51. The largest absolute Gasteiger partial charge is 0.382 e. The zero-order valence-electron chi connectivity index (χ0n) is 11.4. The Morgan fingerprint density at radius 2 is 1.94 bits per heavy atom. The predicted molar refractivity (Wildman–Crippen MR) is 65.5 cm³/mol. The summed E-state index contributed by atoms with van der Waals surface area (Å²) in [7, 11) is 1.60. The topological polar surface area (TPSA) is 74.2 Å². The molecule has 2 N–H and O–H groups in total. The van der Waals surface area contributed by atoms with Crippen LogP contribution in [-0.2, 0) is 16.7 Å². The molecule has 0 bridgehead atoms. The van der Waals surface area contributed by atoms with Crippen LogP contribution in [0.5, 0.6) is 0 Å². The lowest BCUT2D eigenvalue weighted by Crippen LogP contribution is -2.39. The molecule has 1 atom stereocenters. The summed E-state index contributed by atoms with van der Waals surface area (Å²) in [6.07, 6.45) is 1.78. The second kappa shape index (κ2) is 5.14. The first-order valence-corrected chi connectivity index (χ1v) is 5.85. The van der Waals surface area contributed by atoms with Crippen molar-refractivity contribution in [2.75, 3.05) is 13.7 Å². The molecule has 98 valence electrons. The van der Waals surface area contributed by atoms with Crippen LogP contribution in [0.4, 0.5) is 0 Å². The third-order valence-electron chi connectivity index (χ3n) is 2.51. The quantitative estimate of drug-likeness (QED) is 0.851. The van der Waals surface area contributed by atoms with Crippen molar-refractivity contribution in [3.8, 4) is 0 Å². The minimum atomic E-state index is -0.696. The van der Waals surface area contributed by atoms with Crippen molar-refractivity contribution in [1.82, 2.24) is 10.1 Å². The van der Waals surface area contributed by atoms with Crippen LogP contribution in [0.15, 0.2) is 4.52 Å². The zero-order valence-corrected chi connectivity index (χ0v) is 11.4. The van der Waals surface area contributed by atoms with Gasteiger partial charge in [-0.05, 0) is 18.8 Å². The van der Waals surface area contributed by atoms with Crippen molar-refractivity contribution in [3.05, 3.63) is 11.7 Å². The van der Waals surface area contributed by atoms with E-state index >= 15 is 0 Å². The molecule has 0 radical (unpaired) electrons. The van der Waals surface area contributed by atoms with Crippen molar-refractivity contribution >= 4 is 0 Å². The molecule has 5 nitrogen and oxygen atoms in total. The van der Waals surface area contributed by atoms with Gasteiger partial charge in [-0.15, -0.1) is 0 Å². The van der Waals surface area contributed by atoms with Gasteiger partial charge in [0.05, 0.1) is 6.61 Å². The maximum Gasteiger partial charge on any atom is 0.226 e. The highest BCUT2D eigenvalue weighted by Gasteiger charge is 2.27. The average Bonchev–Trinajstić information content (AvgIpc) is 2.62. The first-order chi connectivity index (χ1) is 7.74. The third kappa shape index (κ3) is 4.44. The Labute approximate surface area is 103 Å². The van der Waals surface area contributed by atoms with Crippen molar-refractivity contribution < 1.29 is 9.26 Å². The minimum Gasteiger partial charge on any atom is -0.382 e. The number of nitrogens with zero attached hydrogens (tertiary/aromatic N) is 2. The lowest BCUT2D eigenvalue weighted by Gasteiger charge is -2.18. The monoisotopic (exact) mass is 241 g/mol. The molecule has 0 spiro atoms. The van der Waals surface area contributed by atoms with Gasteiger partial charge in [-0.25, -0.2) is 0 Å². The fourth-order valence-corrected chi connectivity index (χ4v) is 1.43. The highest BCUT2D eigenvalue weighted by Crippen LogP contribution is 2.22. The van der Waals surface area contributed by atoms with Crippen LogP contribution in [0.3, 0.4) is 0 Å². The van der Waals surface area contributed by atoms with Gasteiger partial charge in [0.2, 0.25) is 5.89 Å². The van der Waals surface area contributed by atoms with E-state index in [0.717, 1.165) is 12.8 Å². The number of nitrogens with two attached hydrogens (primary N) is 1. The lowest BCUT2D eigenvalue weighted by molar-refractivity contribution is 0.135. The summed E-state index contributed by atoms with van der Waals surface area (Å²) >= 11 is 0. The number of hydrogen-bond donors (Lipinski definition) is 1. The summed E-state index contributed by atoms with van der Waals surface area (Å²) in [5.74, 6) is 1.14. The molecule has 1 unspecified atom stereocenters. The van der Waals surface area contributed by atoms with E-state index in [-0.39, 0.29) is 5.41 Å². The van der Waals surface area contributed by atoms with E-state index in [4.69, 9.17) is 15.0 Å². The molecular formula is C12H23N3O2. The second-order valence-electron chi connectivity index (χ2n) is 5.92. The fourth-order valence-electron chi connectivity index (χ4n) is 1.43. The zero-order chi connectivity index (χ0) is 13.1. The molecule has 0 aliphatic heterocycles. The highest BCUT2D eigenvalue weighted by molar-refractivity contribution is 5.01. The maximum absolute atomic E-state index is 6.03. The van der Waals surface area contributed by atoms with Gasteiger partial charge in [-0.3, -0.25) is 0 Å². The molecule has 1 rings (SSSR count). The summed E-state index contributed by atoms with van der Waals surface area (Å²) in [5.41, 5.74) is 5.59. The van der Waals surface area contributed by atoms with Gasteiger partial charge in [-0.1, -0.05) is 25.9 Å². The Morgan fingerprint density at radius 1 is 1.29 bits per heavy atom. The number of aromatic nitrogens is 2. The van der Waals surface area contributed by atoms with Crippen molar-refractivity contribution in [2.24, 2.45) is 11.1 Å². The first kappa shape index (κ1) is 14.1. The van der Waals surface area contributed by atoms with Gasteiger partial charge >= 0.3 is 0 Å². The minimum absolute atomic E-state index is 0.257. The van der Waals surface area contributed by atoms with Crippen LogP contribution >= 0.6 is 0 Å². The SMILES string of the molecule is COCC(C)(N)c1noc(CCC(C)(C)C)n1. The molecule has 1 aromatic rings. The Kier molecular flexibility index (Phi) is 4.27. The molecule has 0 aromatic carbocycles. The molecule has 1 heterocycles. The fraction of sp³-hybridized carbons (Fsp3) is 0.833. The summed E-state index contributed by atoms with van der Waals surface area (Å²) in [6, 6.07) is 0. The van der Waals surface area contributed by atoms with Gasteiger partial charge in [0.25, 0.3) is 0 Å². The highest BCUT2D eigenvalue weighted by atomic mass is 16.5. The van der Waals surface area contributed by atoms with E-state index in [2.05, 4.69) is 30.9 Å². The van der Waals surface area contributed by atoms with Crippen LogP contribution in [0.2, 0.25) is 0 Å². The van der Waals surface area contributed by atoms with Crippen molar-refractivity contribution in [1.29, 1.82) is 0 Å². The molecule has 1 aromatic heterocycles. The van der Waals surface area contributed by atoms with E-state index in [1.807, 2.05) is 6.92 Å². The van der Waals surface area contributed by atoms with Gasteiger partial charge in [-0.2, -0.15) is 4.98 Å². The smallest absolute Gasteiger partial charge is 0.226 e. The second-order valence-corrected chi connectivity index (χ2v) is 5.92. The summed E-state index contributed by atoms with van der Waals surface area (Å²) < 4.78 is 10.2. The van der Waals surface area contributed by atoms with E-state index in [1.54, 1.807) is 7.11 Å². The van der Waals surface area contributed by atoms with Crippen molar-refractivity contribution in [2.45, 2.75) is 46.1 Å². The van der Waals surface area contributed by atoms with E-state index in [9.17, 15) is 0 Å². The van der Waals surface area contributed by atoms with Gasteiger partial charge in [0.15, 0.2) is 5.82 Å². The molecule has 17 heavy (non-hydrogen) atoms. The molecule has 0 aliphatic carbocycles. The molecule has 0 aliphatic rings. The number of hydrogen-bond acceptors (Lipinski definition) is 5. The van der Waals surface area contributed by atoms with E-state index in [0.29, 0.717) is 18.3 Å². The Balaban J connectivity index is 2.65. The Morgan fingerprint density at radius 3 is 2.47 bits per heavy atom. The number of methoxy groups -OCH3 is 1. The molecule has 0 amide bonds. The number of aryl methyl sites for hydroxylation is 1. The van der Waals surface area contributed by atoms with Crippen LogP contribution in [0.1, 0.15) is 45.8 Å². The molecule has 0 saturated carbocycles. The van der Waals surface area contributed by atoms with Crippen LogP contribution in [-0.4, -0.2) is 23.9 Å². The first-order valence-electron chi connectivity index (χ1n) is 5.85. The lowest BCUT2D eigenvalue weighted by atomic mass is 9.91. The Bertz CT molecular complexity index is 353. The Hall–Kier alpha value is -0.940. The number of rotatable bonds is 5. The van der Waals surface area contributed by atoms with E-state index < -0.39 is 5.54 Å². The average molecular weight is 241 g/mol. The molecule has 5 heteroatoms. The summed E-state index contributed by atoms with van der Waals surface area (Å²) in [6.45, 7) is 8.74. The molecule has 0 fully saturated rings. The van der Waals surface area contributed by atoms with Gasteiger partial charge in [0, 0.05) is 13.5 Å². The van der Waals surface area contributed by atoms with Crippen LogP contribution in [0.25, 0.3) is 0 Å². The van der Waals surface area contributed by atoms with Gasteiger partial charge < -0.3 is 15.0 Å². The predicted octanol–water partition coefficient (Wildman–Crippen LogP) is 1.87. The number of ether oxygens (including phenoxy) is 1. The standard InChI is InChI=1S/C12H23N3O2/c1-11(2,3)7-6-9-14-10(15-17-9)12(4,13)8-16-5/h6-8,13H2,1-5H3. The maximum atomic E-state index is 6.03. The van der Waals surface area contributed by atoms with Crippen LogP contribution in [0, 0.1) is 5.41 Å². The van der Waals surface area contributed by atoms with E-state index in [1.165, 1.54) is 0 Å². The van der Waals surface area contributed by atoms with Crippen molar-refractivity contribution in [3.63, 3.8) is 0 Å². The normalized spacial score (nSPS) is 15.9. The summed E-state index contributed by atoms with van der Waals surface area (Å²) in [5, 5.41) is 3.92. The van der Waals surface area contributed by atoms with Gasteiger partial charge in [0.1, 0.15) is 5.54 Å².